The van der Waals surface area contributed by atoms with Crippen LogP contribution in [0.15, 0.2) is 77.6 Å². The molecule has 0 saturated carbocycles. The lowest BCUT2D eigenvalue weighted by Crippen LogP contribution is -2.26. The highest BCUT2D eigenvalue weighted by Gasteiger charge is 2.19. The summed E-state index contributed by atoms with van der Waals surface area (Å²) < 4.78 is 6.28. The van der Waals surface area contributed by atoms with E-state index in [0.717, 1.165) is 4.68 Å². The van der Waals surface area contributed by atoms with E-state index in [1.807, 2.05) is 6.07 Å². The first-order chi connectivity index (χ1) is 16.0. The molecule has 0 fully saturated rings. The number of esters is 1. The van der Waals surface area contributed by atoms with Crippen LogP contribution in [0.25, 0.3) is 16.5 Å². The Morgan fingerprint density at radius 2 is 1.73 bits per heavy atom. The van der Waals surface area contributed by atoms with E-state index in [1.54, 1.807) is 54.6 Å². The molecule has 4 aromatic rings. The van der Waals surface area contributed by atoms with Crippen molar-refractivity contribution in [3.05, 3.63) is 99.4 Å². The minimum Gasteiger partial charge on any atom is -0.451 e. The summed E-state index contributed by atoms with van der Waals surface area (Å²) in [6.45, 7) is -0.586. The van der Waals surface area contributed by atoms with Crippen LogP contribution in [0.2, 0.25) is 5.02 Å². The van der Waals surface area contributed by atoms with Crippen molar-refractivity contribution in [2.24, 2.45) is 0 Å². The highest BCUT2D eigenvalue weighted by atomic mass is 35.5. The minimum atomic E-state index is -0.858. The molecule has 1 N–H and O–H groups in total. The Morgan fingerprint density at radius 3 is 2.42 bits per heavy atom. The molecule has 0 bridgehead atoms. The third-order valence-electron chi connectivity index (χ3n) is 4.71. The van der Waals surface area contributed by atoms with Gasteiger partial charge in [0.25, 0.3) is 11.5 Å². The van der Waals surface area contributed by atoms with Gasteiger partial charge in [-0.15, -0.1) is 0 Å². The number of nitrogens with zero attached hydrogens (tertiary/aromatic N) is 3. The molecule has 0 aliphatic heterocycles. The molecule has 33 heavy (non-hydrogen) atoms. The predicted octanol–water partition coefficient (Wildman–Crippen LogP) is 3.71. The number of ether oxygens (including phenoxy) is 1. The van der Waals surface area contributed by atoms with E-state index in [2.05, 4.69) is 10.4 Å². The summed E-state index contributed by atoms with van der Waals surface area (Å²) in [4.78, 5) is 38.0. The first kappa shape index (κ1) is 21.7. The van der Waals surface area contributed by atoms with Gasteiger partial charge in [-0.1, -0.05) is 48.0 Å². The number of carbonyl (C=O) groups is 2. The number of fused-ring (bicyclic) bond motifs is 1. The van der Waals surface area contributed by atoms with Gasteiger partial charge in [0.15, 0.2) is 12.3 Å². The van der Waals surface area contributed by atoms with Crippen molar-refractivity contribution in [3.8, 4) is 11.8 Å². The average molecular weight is 459 g/mol. The number of nitriles is 1. The number of hydrogen-bond donors (Lipinski definition) is 1. The van der Waals surface area contributed by atoms with Crippen molar-refractivity contribution in [1.82, 2.24) is 9.78 Å². The predicted molar refractivity (Wildman–Crippen MR) is 122 cm³/mol. The second kappa shape index (κ2) is 9.34. The molecule has 0 aliphatic rings. The number of anilines is 1. The summed E-state index contributed by atoms with van der Waals surface area (Å²) in [5.41, 5.74) is 0.624. The zero-order valence-corrected chi connectivity index (χ0v) is 17.7. The second-order valence-electron chi connectivity index (χ2n) is 6.88. The lowest BCUT2D eigenvalue weighted by atomic mass is 10.1. The summed E-state index contributed by atoms with van der Waals surface area (Å²) in [7, 11) is 0. The first-order valence-electron chi connectivity index (χ1n) is 9.72. The number of rotatable bonds is 5. The van der Waals surface area contributed by atoms with Gasteiger partial charge in [0, 0.05) is 11.1 Å². The summed E-state index contributed by atoms with van der Waals surface area (Å²) in [6.07, 6.45) is 0. The van der Waals surface area contributed by atoms with E-state index < -0.39 is 18.5 Å². The average Bonchev–Trinajstić information content (AvgIpc) is 2.83. The summed E-state index contributed by atoms with van der Waals surface area (Å²) in [5, 5.41) is 16.5. The Kier molecular flexibility index (Phi) is 6.15. The molecule has 1 amide bonds. The number of hydrogen-bond acceptors (Lipinski definition) is 6. The largest absolute Gasteiger partial charge is 0.451 e. The molecule has 1 heterocycles. The van der Waals surface area contributed by atoms with Crippen LogP contribution in [0.1, 0.15) is 16.1 Å². The van der Waals surface area contributed by atoms with Gasteiger partial charge in [-0.3, -0.25) is 9.59 Å². The van der Waals surface area contributed by atoms with Gasteiger partial charge in [-0.2, -0.15) is 15.0 Å². The molecule has 0 aliphatic carbocycles. The van der Waals surface area contributed by atoms with E-state index >= 15 is 0 Å². The molecule has 1 aromatic heterocycles. The van der Waals surface area contributed by atoms with E-state index in [4.69, 9.17) is 21.6 Å². The Morgan fingerprint density at radius 1 is 1.03 bits per heavy atom. The Labute approximate surface area is 192 Å². The number of nitrogens with one attached hydrogen (secondary N) is 1. The van der Waals surface area contributed by atoms with Crippen molar-refractivity contribution in [3.63, 3.8) is 0 Å². The van der Waals surface area contributed by atoms with Gasteiger partial charge < -0.3 is 10.1 Å². The maximum absolute atomic E-state index is 12.9. The lowest BCUT2D eigenvalue weighted by molar-refractivity contribution is -0.119. The molecule has 3 aromatic carbocycles. The lowest BCUT2D eigenvalue weighted by Gasteiger charge is -2.11. The smallest absolute Gasteiger partial charge is 0.359 e. The SMILES string of the molecule is N#Cc1ccc(NC(=O)COC(=O)c2nn(-c3ccccc3)c(=O)c3ccccc23)cc1Cl. The normalized spacial score (nSPS) is 10.4. The molecule has 0 radical (unpaired) electrons. The molecule has 0 saturated heterocycles. The van der Waals surface area contributed by atoms with Gasteiger partial charge in [0.1, 0.15) is 6.07 Å². The standard InChI is InChI=1S/C24H15ClN4O4/c25-20-12-16(11-10-15(20)13-26)27-21(30)14-33-24(32)22-18-8-4-5-9-19(18)23(31)29(28-22)17-6-2-1-3-7-17/h1-12H,14H2,(H,27,30). The molecule has 9 heteroatoms. The highest BCUT2D eigenvalue weighted by Crippen LogP contribution is 2.20. The molecular formula is C24H15ClN4O4. The fraction of sp³-hybridized carbons (Fsp3) is 0.0417. The molecular weight excluding hydrogens is 444 g/mol. The van der Waals surface area contributed by atoms with E-state index in [0.29, 0.717) is 22.1 Å². The first-order valence-corrected chi connectivity index (χ1v) is 10.1. The maximum atomic E-state index is 12.9. The number of aromatic nitrogens is 2. The Bertz CT molecular complexity index is 1480. The molecule has 4 rings (SSSR count). The number of carbonyl (C=O) groups excluding carboxylic acids is 2. The van der Waals surface area contributed by atoms with Gasteiger partial charge in [0.2, 0.25) is 0 Å². The monoisotopic (exact) mass is 458 g/mol. The molecule has 0 spiro atoms. The number of benzene rings is 3. The Balaban J connectivity index is 1.57. The number of para-hydroxylation sites is 1. The third-order valence-corrected chi connectivity index (χ3v) is 5.02. The van der Waals surface area contributed by atoms with E-state index in [9.17, 15) is 14.4 Å². The van der Waals surface area contributed by atoms with Gasteiger partial charge >= 0.3 is 5.97 Å². The summed E-state index contributed by atoms with van der Waals surface area (Å²) in [5.74, 6) is -1.46. The fourth-order valence-electron chi connectivity index (χ4n) is 3.16. The second-order valence-corrected chi connectivity index (χ2v) is 7.28. The molecule has 0 atom stereocenters. The van der Waals surface area contributed by atoms with Crippen molar-refractivity contribution in [1.29, 1.82) is 5.26 Å². The van der Waals surface area contributed by atoms with Gasteiger partial charge in [-0.05, 0) is 36.4 Å². The molecule has 8 nitrogen and oxygen atoms in total. The maximum Gasteiger partial charge on any atom is 0.359 e. The van der Waals surface area contributed by atoms with Crippen LogP contribution in [0.5, 0.6) is 0 Å². The van der Waals surface area contributed by atoms with Crippen LogP contribution in [0, 0.1) is 11.3 Å². The van der Waals surface area contributed by atoms with Crippen LogP contribution in [0.4, 0.5) is 5.69 Å². The quantitative estimate of drug-likeness (QED) is 0.456. The fourth-order valence-corrected chi connectivity index (χ4v) is 3.39. The number of amides is 1. The molecule has 162 valence electrons. The van der Waals surface area contributed by atoms with Crippen LogP contribution >= 0.6 is 11.6 Å². The summed E-state index contributed by atoms with van der Waals surface area (Å²) in [6, 6.07) is 21.5. The van der Waals surface area contributed by atoms with Crippen LogP contribution < -0.4 is 10.9 Å². The van der Waals surface area contributed by atoms with Crippen molar-refractivity contribution in [2.45, 2.75) is 0 Å². The van der Waals surface area contributed by atoms with Crippen LogP contribution in [-0.4, -0.2) is 28.3 Å². The topological polar surface area (TPSA) is 114 Å². The zero-order valence-electron chi connectivity index (χ0n) is 17.0. The minimum absolute atomic E-state index is 0.0942. The van der Waals surface area contributed by atoms with Crippen LogP contribution in [0.3, 0.4) is 0 Å². The Hall–Kier alpha value is -4.48. The van der Waals surface area contributed by atoms with Crippen molar-refractivity contribution >= 4 is 39.9 Å². The van der Waals surface area contributed by atoms with E-state index in [1.165, 1.54) is 18.2 Å². The highest BCUT2D eigenvalue weighted by molar-refractivity contribution is 6.32. The van der Waals surface area contributed by atoms with E-state index in [-0.39, 0.29) is 21.8 Å². The van der Waals surface area contributed by atoms with Crippen molar-refractivity contribution in [2.75, 3.05) is 11.9 Å². The van der Waals surface area contributed by atoms with Gasteiger partial charge in [0.05, 0.1) is 21.7 Å². The number of halogens is 1. The van der Waals surface area contributed by atoms with Crippen LogP contribution in [-0.2, 0) is 9.53 Å². The van der Waals surface area contributed by atoms with Crippen molar-refractivity contribution < 1.29 is 14.3 Å². The summed E-state index contributed by atoms with van der Waals surface area (Å²) >= 11 is 5.96. The van der Waals surface area contributed by atoms with Gasteiger partial charge in [-0.25, -0.2) is 4.79 Å². The zero-order chi connectivity index (χ0) is 23.4. The molecule has 0 unspecified atom stereocenters. The third kappa shape index (κ3) is 4.59.